The van der Waals surface area contributed by atoms with Crippen LogP contribution in [0.4, 0.5) is 9.52 Å². The Morgan fingerprint density at radius 3 is 2.50 bits per heavy atom. The third kappa shape index (κ3) is 5.76. The van der Waals surface area contributed by atoms with Crippen LogP contribution in [0.2, 0.25) is 0 Å². The summed E-state index contributed by atoms with van der Waals surface area (Å²) in [5, 5.41) is 13.7. The van der Waals surface area contributed by atoms with Gasteiger partial charge in [-0.1, -0.05) is 30.4 Å². The number of benzene rings is 1. The van der Waals surface area contributed by atoms with Crippen LogP contribution in [-0.2, 0) is 11.2 Å². The summed E-state index contributed by atoms with van der Waals surface area (Å²) in [4.78, 5) is 16.9. The monoisotopic (exact) mass is 431 g/mol. The third-order valence-corrected chi connectivity index (χ3v) is 7.10. The SMILES string of the molecule is CC1CCC(NC(=O)CN2CCN(c3nnc(Cc4ccc(F)cc4)s3)CC2)CC1. The van der Waals surface area contributed by atoms with Crippen LogP contribution in [0.3, 0.4) is 0 Å². The van der Waals surface area contributed by atoms with Gasteiger partial charge in [0.25, 0.3) is 0 Å². The molecule has 2 aliphatic rings. The van der Waals surface area contributed by atoms with Gasteiger partial charge in [-0.25, -0.2) is 4.39 Å². The summed E-state index contributed by atoms with van der Waals surface area (Å²) in [7, 11) is 0. The van der Waals surface area contributed by atoms with Gasteiger partial charge in [-0.2, -0.15) is 0 Å². The van der Waals surface area contributed by atoms with Crippen molar-refractivity contribution < 1.29 is 9.18 Å². The molecule has 0 radical (unpaired) electrons. The van der Waals surface area contributed by atoms with Crippen molar-refractivity contribution in [1.29, 1.82) is 0 Å². The number of hydrogen-bond donors (Lipinski definition) is 1. The Morgan fingerprint density at radius 2 is 1.80 bits per heavy atom. The van der Waals surface area contributed by atoms with Crippen molar-refractivity contribution in [2.24, 2.45) is 5.92 Å². The lowest BCUT2D eigenvalue weighted by atomic mass is 9.87. The Balaban J connectivity index is 1.21. The molecule has 8 heteroatoms. The molecule has 1 saturated carbocycles. The molecule has 1 N–H and O–H groups in total. The predicted molar refractivity (Wildman–Crippen MR) is 117 cm³/mol. The van der Waals surface area contributed by atoms with Crippen molar-refractivity contribution in [3.8, 4) is 0 Å². The van der Waals surface area contributed by atoms with Gasteiger partial charge >= 0.3 is 0 Å². The molecule has 2 fully saturated rings. The molecule has 0 bridgehead atoms. The summed E-state index contributed by atoms with van der Waals surface area (Å²) in [6, 6.07) is 6.88. The molecule has 4 rings (SSSR count). The Hall–Kier alpha value is -2.06. The number of piperazine rings is 1. The van der Waals surface area contributed by atoms with Gasteiger partial charge in [0.15, 0.2) is 0 Å². The van der Waals surface area contributed by atoms with Gasteiger partial charge in [-0.05, 0) is 49.3 Å². The standard InChI is InChI=1S/C22H30FN5OS/c1-16-2-8-19(9-3-16)24-20(29)15-27-10-12-28(13-11-27)22-26-25-21(30-22)14-17-4-6-18(23)7-5-17/h4-7,16,19H,2-3,8-15H2,1H3,(H,24,29). The fourth-order valence-electron chi connectivity index (χ4n) is 4.20. The lowest BCUT2D eigenvalue weighted by molar-refractivity contribution is -0.123. The molecule has 1 amide bonds. The number of nitrogens with one attached hydrogen (secondary N) is 1. The molecular weight excluding hydrogens is 401 g/mol. The van der Waals surface area contributed by atoms with E-state index >= 15 is 0 Å². The van der Waals surface area contributed by atoms with Crippen molar-refractivity contribution in [1.82, 2.24) is 20.4 Å². The zero-order chi connectivity index (χ0) is 20.9. The maximum absolute atomic E-state index is 13.1. The van der Waals surface area contributed by atoms with E-state index in [1.54, 1.807) is 23.5 Å². The van der Waals surface area contributed by atoms with Crippen LogP contribution in [0.15, 0.2) is 24.3 Å². The van der Waals surface area contributed by atoms with E-state index in [9.17, 15) is 9.18 Å². The van der Waals surface area contributed by atoms with Crippen LogP contribution in [0, 0.1) is 11.7 Å². The predicted octanol–water partition coefficient (Wildman–Crippen LogP) is 3.08. The van der Waals surface area contributed by atoms with Gasteiger partial charge in [-0.15, -0.1) is 10.2 Å². The van der Waals surface area contributed by atoms with Crippen molar-refractivity contribution >= 4 is 22.4 Å². The quantitative estimate of drug-likeness (QED) is 0.762. The van der Waals surface area contributed by atoms with E-state index in [1.807, 2.05) is 0 Å². The minimum Gasteiger partial charge on any atom is -0.352 e. The minimum atomic E-state index is -0.225. The molecule has 30 heavy (non-hydrogen) atoms. The van der Waals surface area contributed by atoms with E-state index in [-0.39, 0.29) is 11.7 Å². The zero-order valence-electron chi connectivity index (χ0n) is 17.5. The minimum absolute atomic E-state index is 0.153. The normalized spacial score (nSPS) is 22.8. The van der Waals surface area contributed by atoms with E-state index in [0.29, 0.717) is 19.0 Å². The first-order chi connectivity index (χ1) is 14.5. The summed E-state index contributed by atoms with van der Waals surface area (Å²) in [6.45, 7) is 6.16. The first-order valence-electron chi connectivity index (χ1n) is 10.9. The van der Waals surface area contributed by atoms with Crippen molar-refractivity contribution in [2.45, 2.75) is 45.1 Å². The number of amides is 1. The second-order valence-electron chi connectivity index (χ2n) is 8.57. The van der Waals surface area contributed by atoms with Gasteiger partial charge in [0, 0.05) is 38.6 Å². The fraction of sp³-hybridized carbons (Fsp3) is 0.591. The Kier molecular flexibility index (Phi) is 6.94. The average molecular weight is 432 g/mol. The Morgan fingerprint density at radius 1 is 1.10 bits per heavy atom. The van der Waals surface area contributed by atoms with E-state index in [1.165, 1.54) is 25.0 Å². The number of carbonyl (C=O) groups is 1. The van der Waals surface area contributed by atoms with Crippen LogP contribution in [0.5, 0.6) is 0 Å². The molecule has 0 atom stereocenters. The molecule has 6 nitrogen and oxygen atoms in total. The summed E-state index contributed by atoms with van der Waals surface area (Å²) in [5.74, 6) is 0.722. The molecular formula is C22H30FN5OS. The molecule has 1 saturated heterocycles. The second-order valence-corrected chi connectivity index (χ2v) is 9.61. The van der Waals surface area contributed by atoms with Gasteiger partial charge in [0.1, 0.15) is 10.8 Å². The summed E-state index contributed by atoms with van der Waals surface area (Å²) >= 11 is 1.59. The van der Waals surface area contributed by atoms with Gasteiger partial charge in [0.05, 0.1) is 6.54 Å². The summed E-state index contributed by atoms with van der Waals surface area (Å²) < 4.78 is 13.1. The smallest absolute Gasteiger partial charge is 0.234 e. The molecule has 1 aromatic carbocycles. The lowest BCUT2D eigenvalue weighted by Crippen LogP contribution is -2.50. The number of rotatable bonds is 6. The largest absolute Gasteiger partial charge is 0.352 e. The van der Waals surface area contributed by atoms with E-state index in [0.717, 1.165) is 60.6 Å². The molecule has 1 aliphatic carbocycles. The summed E-state index contributed by atoms with van der Waals surface area (Å²) in [5.41, 5.74) is 1.03. The highest BCUT2D eigenvalue weighted by Crippen LogP contribution is 2.24. The Labute approximate surface area is 181 Å². The molecule has 1 aliphatic heterocycles. The van der Waals surface area contributed by atoms with Crippen LogP contribution in [0.25, 0.3) is 0 Å². The number of aromatic nitrogens is 2. The highest BCUT2D eigenvalue weighted by atomic mass is 32.1. The molecule has 1 aromatic heterocycles. The van der Waals surface area contributed by atoms with Gasteiger partial charge in [-0.3, -0.25) is 9.69 Å². The maximum Gasteiger partial charge on any atom is 0.234 e. The maximum atomic E-state index is 13.1. The Bertz CT molecular complexity index is 826. The van der Waals surface area contributed by atoms with Crippen LogP contribution in [0.1, 0.15) is 43.2 Å². The average Bonchev–Trinajstić information content (AvgIpc) is 3.20. The van der Waals surface area contributed by atoms with Crippen LogP contribution < -0.4 is 10.2 Å². The van der Waals surface area contributed by atoms with E-state index in [2.05, 4.69) is 32.2 Å². The van der Waals surface area contributed by atoms with E-state index < -0.39 is 0 Å². The molecule has 162 valence electrons. The number of nitrogens with zero attached hydrogens (tertiary/aromatic N) is 4. The molecule has 0 spiro atoms. The topological polar surface area (TPSA) is 61.4 Å². The number of anilines is 1. The number of carbonyl (C=O) groups excluding carboxylic acids is 1. The van der Waals surface area contributed by atoms with E-state index in [4.69, 9.17) is 0 Å². The van der Waals surface area contributed by atoms with Crippen LogP contribution in [-0.4, -0.2) is 59.8 Å². The highest BCUT2D eigenvalue weighted by molar-refractivity contribution is 7.15. The highest BCUT2D eigenvalue weighted by Gasteiger charge is 2.24. The van der Waals surface area contributed by atoms with Crippen LogP contribution >= 0.6 is 11.3 Å². The number of hydrogen-bond acceptors (Lipinski definition) is 6. The number of halogens is 1. The first-order valence-corrected chi connectivity index (χ1v) is 11.7. The van der Waals surface area contributed by atoms with Crippen molar-refractivity contribution in [3.63, 3.8) is 0 Å². The fourth-order valence-corrected chi connectivity index (χ4v) is 5.12. The van der Waals surface area contributed by atoms with Gasteiger partial charge in [0.2, 0.25) is 11.0 Å². The molecule has 2 aromatic rings. The molecule has 2 heterocycles. The third-order valence-electron chi connectivity index (χ3n) is 6.12. The van der Waals surface area contributed by atoms with Gasteiger partial charge < -0.3 is 10.2 Å². The molecule has 0 unspecified atom stereocenters. The first kappa shape index (κ1) is 21.2. The van der Waals surface area contributed by atoms with Crippen molar-refractivity contribution in [2.75, 3.05) is 37.6 Å². The second kappa shape index (κ2) is 9.83. The summed E-state index contributed by atoms with van der Waals surface area (Å²) in [6.07, 6.45) is 5.32. The van der Waals surface area contributed by atoms with Crippen molar-refractivity contribution in [3.05, 3.63) is 40.7 Å². The lowest BCUT2D eigenvalue weighted by Gasteiger charge is -2.34. The zero-order valence-corrected chi connectivity index (χ0v) is 18.3.